The molecule has 6 nitrogen and oxygen atoms in total. The number of anilines is 2. The lowest BCUT2D eigenvalue weighted by Crippen LogP contribution is -2.15. The van der Waals surface area contributed by atoms with Crippen LogP contribution in [0.1, 0.15) is 15.2 Å². The van der Waals surface area contributed by atoms with Gasteiger partial charge in [-0.3, -0.25) is 14.8 Å². The summed E-state index contributed by atoms with van der Waals surface area (Å²) in [6.07, 6.45) is 0. The number of fused-ring (bicyclic) bond motifs is 3. The van der Waals surface area contributed by atoms with E-state index in [1.54, 1.807) is 30.0 Å². The number of sulfonamides is 1. The van der Waals surface area contributed by atoms with E-state index in [0.717, 1.165) is 21.9 Å². The van der Waals surface area contributed by atoms with Crippen LogP contribution in [0.25, 0.3) is 11.3 Å². The third-order valence-electron chi connectivity index (χ3n) is 4.92. The van der Waals surface area contributed by atoms with Crippen molar-refractivity contribution in [2.75, 3.05) is 10.0 Å². The van der Waals surface area contributed by atoms with Crippen LogP contribution >= 0.6 is 34.7 Å². The molecular weight excluding hydrogens is 498 g/mol. The smallest absolute Gasteiger partial charge is 0.261 e. The molecule has 0 spiro atoms. The van der Waals surface area contributed by atoms with Crippen molar-refractivity contribution in [3.8, 4) is 11.3 Å². The van der Waals surface area contributed by atoms with Crippen molar-refractivity contribution in [2.45, 2.75) is 15.5 Å². The normalized spacial score (nSPS) is 12.5. The second-order valence-corrected chi connectivity index (χ2v) is 11.4. The van der Waals surface area contributed by atoms with Gasteiger partial charge < -0.3 is 0 Å². The number of rotatable bonds is 5. The average molecular weight is 514 g/mol. The molecule has 0 aliphatic carbocycles. The Kier molecular flexibility index (Phi) is 5.88. The van der Waals surface area contributed by atoms with Crippen molar-refractivity contribution in [1.29, 1.82) is 0 Å². The monoisotopic (exact) mass is 513 g/mol. The van der Waals surface area contributed by atoms with Crippen LogP contribution < -0.4 is 10.0 Å². The zero-order valence-corrected chi connectivity index (χ0v) is 20.1. The van der Waals surface area contributed by atoms with E-state index >= 15 is 0 Å². The van der Waals surface area contributed by atoms with Crippen molar-refractivity contribution >= 4 is 61.4 Å². The van der Waals surface area contributed by atoms with E-state index < -0.39 is 10.0 Å². The maximum atomic E-state index is 12.9. The van der Waals surface area contributed by atoms with Gasteiger partial charge in [-0.15, -0.1) is 23.1 Å². The first-order valence-corrected chi connectivity index (χ1v) is 13.5. The molecule has 3 aromatic carbocycles. The summed E-state index contributed by atoms with van der Waals surface area (Å²) >= 11 is 9.04. The van der Waals surface area contributed by atoms with E-state index in [0.29, 0.717) is 15.7 Å². The number of hydrogen-bond donors (Lipinski definition) is 2. The third-order valence-corrected chi connectivity index (χ3v) is 8.82. The van der Waals surface area contributed by atoms with Crippen molar-refractivity contribution in [3.05, 3.63) is 88.3 Å². The van der Waals surface area contributed by atoms with Gasteiger partial charge in [0.05, 0.1) is 10.6 Å². The Morgan fingerprint density at radius 1 is 1.00 bits per heavy atom. The molecule has 1 aliphatic rings. The molecule has 1 aliphatic heterocycles. The van der Waals surface area contributed by atoms with Gasteiger partial charge in [0.25, 0.3) is 15.9 Å². The largest absolute Gasteiger partial charge is 0.298 e. The molecule has 2 N–H and O–H groups in total. The van der Waals surface area contributed by atoms with Gasteiger partial charge in [-0.1, -0.05) is 35.9 Å². The highest BCUT2D eigenvalue weighted by molar-refractivity contribution is 7.98. The fraction of sp³-hybridized carbons (Fsp3) is 0.0435. The van der Waals surface area contributed by atoms with Crippen LogP contribution in [-0.2, 0) is 15.8 Å². The number of hydrogen-bond acceptors (Lipinski definition) is 6. The van der Waals surface area contributed by atoms with Crippen LogP contribution in [0.3, 0.4) is 0 Å². The standard InChI is InChI=1S/C23H16ClN3O3S3/c24-15-8-10-17(11-9-15)33(29,30)27-16-5-3-4-14(12-16)22(28)26-23-25-21-18-6-1-2-7-19(18)31-13-20(21)32-23/h1-12,27H,13H2,(H,25,26,28). The van der Waals surface area contributed by atoms with E-state index in [9.17, 15) is 13.2 Å². The Balaban J connectivity index is 1.34. The molecule has 1 aromatic heterocycles. The number of halogens is 1. The minimum atomic E-state index is -3.81. The summed E-state index contributed by atoms with van der Waals surface area (Å²) in [6, 6.07) is 20.2. The summed E-state index contributed by atoms with van der Waals surface area (Å²) in [6.45, 7) is 0. The van der Waals surface area contributed by atoms with Gasteiger partial charge in [0.1, 0.15) is 0 Å². The number of nitrogens with zero attached hydrogens (tertiary/aromatic N) is 1. The number of carbonyl (C=O) groups is 1. The van der Waals surface area contributed by atoms with E-state index in [2.05, 4.69) is 21.1 Å². The average Bonchev–Trinajstić information content (AvgIpc) is 3.22. The van der Waals surface area contributed by atoms with Gasteiger partial charge in [0.15, 0.2) is 5.13 Å². The highest BCUT2D eigenvalue weighted by atomic mass is 35.5. The lowest BCUT2D eigenvalue weighted by molar-refractivity contribution is 0.102. The molecule has 166 valence electrons. The molecule has 5 rings (SSSR count). The van der Waals surface area contributed by atoms with E-state index in [1.165, 1.54) is 46.6 Å². The van der Waals surface area contributed by atoms with Gasteiger partial charge in [-0.25, -0.2) is 13.4 Å². The number of amides is 1. The lowest BCUT2D eigenvalue weighted by atomic mass is 10.1. The fourth-order valence-corrected chi connectivity index (χ4v) is 6.64. The SMILES string of the molecule is O=C(Nc1nc2c(s1)CSc1ccccc1-2)c1cccc(NS(=O)(=O)c2ccc(Cl)cc2)c1. The highest BCUT2D eigenvalue weighted by Crippen LogP contribution is 2.44. The Morgan fingerprint density at radius 3 is 2.61 bits per heavy atom. The molecule has 0 bridgehead atoms. The van der Waals surface area contributed by atoms with Crippen molar-refractivity contribution < 1.29 is 13.2 Å². The first-order chi connectivity index (χ1) is 15.9. The molecule has 0 unspecified atom stereocenters. The third kappa shape index (κ3) is 4.63. The van der Waals surface area contributed by atoms with E-state index in [4.69, 9.17) is 11.6 Å². The zero-order chi connectivity index (χ0) is 23.0. The molecule has 2 heterocycles. The topological polar surface area (TPSA) is 88.2 Å². The predicted molar refractivity (Wildman–Crippen MR) is 134 cm³/mol. The molecule has 0 saturated heterocycles. The summed E-state index contributed by atoms with van der Waals surface area (Å²) in [5.41, 5.74) is 2.56. The van der Waals surface area contributed by atoms with Crippen LogP contribution in [-0.4, -0.2) is 19.3 Å². The number of thioether (sulfide) groups is 1. The predicted octanol–water partition coefficient (Wildman–Crippen LogP) is 6.12. The molecule has 4 aromatic rings. The van der Waals surface area contributed by atoms with Crippen LogP contribution in [0.5, 0.6) is 0 Å². The van der Waals surface area contributed by atoms with Crippen molar-refractivity contribution in [1.82, 2.24) is 4.98 Å². The van der Waals surface area contributed by atoms with Gasteiger partial charge in [-0.05, 0) is 48.5 Å². The number of nitrogens with one attached hydrogen (secondary N) is 2. The van der Waals surface area contributed by atoms with Crippen LogP contribution in [0.2, 0.25) is 5.02 Å². The second kappa shape index (κ2) is 8.83. The first-order valence-electron chi connectivity index (χ1n) is 9.81. The highest BCUT2D eigenvalue weighted by Gasteiger charge is 2.22. The van der Waals surface area contributed by atoms with Gasteiger partial charge in [-0.2, -0.15) is 0 Å². The van der Waals surface area contributed by atoms with Crippen LogP contribution in [0.15, 0.2) is 82.6 Å². The van der Waals surface area contributed by atoms with Gasteiger partial charge in [0, 0.05) is 37.4 Å². The summed E-state index contributed by atoms with van der Waals surface area (Å²) in [5, 5.41) is 3.79. The fourth-order valence-electron chi connectivity index (χ4n) is 3.37. The summed E-state index contributed by atoms with van der Waals surface area (Å²) < 4.78 is 27.8. The lowest BCUT2D eigenvalue weighted by Gasteiger charge is -2.13. The Bertz CT molecular complexity index is 1470. The first kappa shape index (κ1) is 22.0. The van der Waals surface area contributed by atoms with Crippen molar-refractivity contribution in [3.63, 3.8) is 0 Å². The quantitative estimate of drug-likeness (QED) is 0.335. The van der Waals surface area contributed by atoms with E-state index in [1.807, 2.05) is 18.2 Å². The Labute approximate surface area is 204 Å². The van der Waals surface area contributed by atoms with Gasteiger partial charge in [0.2, 0.25) is 0 Å². The summed E-state index contributed by atoms with van der Waals surface area (Å²) in [5.74, 6) is 0.441. The molecule has 1 amide bonds. The number of benzene rings is 3. The van der Waals surface area contributed by atoms with Crippen LogP contribution in [0.4, 0.5) is 10.8 Å². The van der Waals surface area contributed by atoms with E-state index in [-0.39, 0.29) is 16.5 Å². The molecule has 0 atom stereocenters. The molecule has 0 saturated carbocycles. The minimum Gasteiger partial charge on any atom is -0.298 e. The van der Waals surface area contributed by atoms with Crippen LogP contribution in [0, 0.1) is 0 Å². The molecule has 0 fully saturated rings. The molecular formula is C23H16ClN3O3S3. The van der Waals surface area contributed by atoms with Crippen molar-refractivity contribution in [2.24, 2.45) is 0 Å². The summed E-state index contributed by atoms with van der Waals surface area (Å²) in [7, 11) is -3.81. The molecule has 10 heteroatoms. The number of thiazole rings is 1. The van der Waals surface area contributed by atoms with Gasteiger partial charge >= 0.3 is 0 Å². The zero-order valence-electron chi connectivity index (χ0n) is 16.9. The maximum Gasteiger partial charge on any atom is 0.261 e. The number of carbonyl (C=O) groups excluding carboxylic acids is 1. The molecule has 0 radical (unpaired) electrons. The molecule has 33 heavy (non-hydrogen) atoms. The Morgan fingerprint density at radius 2 is 1.79 bits per heavy atom. The number of aromatic nitrogens is 1. The minimum absolute atomic E-state index is 0.0771. The second-order valence-electron chi connectivity index (χ2n) is 7.17. The summed E-state index contributed by atoms with van der Waals surface area (Å²) in [4.78, 5) is 19.9. The maximum absolute atomic E-state index is 12.9. The Hall–Kier alpha value is -2.85.